The van der Waals surface area contributed by atoms with E-state index in [1.807, 2.05) is 0 Å². The van der Waals surface area contributed by atoms with Crippen LogP contribution in [0.2, 0.25) is 0 Å². The number of piperidine rings is 1. The minimum absolute atomic E-state index is 0.0412. The number of likely N-dealkylation sites (N-methyl/N-ethyl adjacent to an activating group) is 1. The summed E-state index contributed by atoms with van der Waals surface area (Å²) in [6.45, 7) is 5.08. The van der Waals surface area contributed by atoms with Crippen LogP contribution < -0.4 is 5.32 Å². The molecule has 0 aromatic carbocycles. The molecule has 120 valence electrons. The zero-order valence-corrected chi connectivity index (χ0v) is 13.0. The van der Waals surface area contributed by atoms with E-state index in [1.54, 1.807) is 11.8 Å². The van der Waals surface area contributed by atoms with E-state index >= 15 is 0 Å². The smallest absolute Gasteiger partial charge is 0.326 e. The van der Waals surface area contributed by atoms with Gasteiger partial charge in [0.2, 0.25) is 5.91 Å². The van der Waals surface area contributed by atoms with Crippen molar-refractivity contribution in [1.82, 2.24) is 15.1 Å². The van der Waals surface area contributed by atoms with E-state index in [-0.39, 0.29) is 11.9 Å². The number of nitrogens with zero attached hydrogens (tertiary/aromatic N) is 2. The zero-order chi connectivity index (χ0) is 16.0. The van der Waals surface area contributed by atoms with Gasteiger partial charge in [0.25, 0.3) is 0 Å². The number of carbonyl (C=O) groups excluding carboxylic acids is 2. The number of rotatable bonds is 5. The highest BCUT2D eigenvalue weighted by Crippen LogP contribution is 2.18. The van der Waals surface area contributed by atoms with Crippen LogP contribution in [0.4, 0.5) is 4.79 Å². The van der Waals surface area contributed by atoms with Crippen molar-refractivity contribution in [2.24, 2.45) is 5.92 Å². The molecule has 1 heterocycles. The van der Waals surface area contributed by atoms with Crippen LogP contribution in [-0.2, 0) is 9.59 Å². The van der Waals surface area contributed by atoms with Gasteiger partial charge >= 0.3 is 12.0 Å². The Morgan fingerprint density at radius 1 is 1.33 bits per heavy atom. The molecule has 7 heteroatoms. The van der Waals surface area contributed by atoms with Gasteiger partial charge in [-0.2, -0.15) is 0 Å². The highest BCUT2D eigenvalue weighted by Gasteiger charge is 2.30. The van der Waals surface area contributed by atoms with Crippen molar-refractivity contribution >= 4 is 17.9 Å². The SMILES string of the molecule is CCC(C(=O)O)N(C)C(=O)N1CCC(CNC(C)=O)CC1. The summed E-state index contributed by atoms with van der Waals surface area (Å²) >= 11 is 0. The molecule has 7 nitrogen and oxygen atoms in total. The molecule has 0 aromatic rings. The summed E-state index contributed by atoms with van der Waals surface area (Å²) in [6.07, 6.45) is 2.03. The van der Waals surface area contributed by atoms with Crippen LogP contribution in [-0.4, -0.2) is 65.5 Å². The average Bonchev–Trinajstić information content (AvgIpc) is 2.45. The van der Waals surface area contributed by atoms with Crippen molar-refractivity contribution in [2.45, 2.75) is 39.2 Å². The van der Waals surface area contributed by atoms with Crippen molar-refractivity contribution in [3.8, 4) is 0 Å². The quantitative estimate of drug-likeness (QED) is 0.784. The maximum atomic E-state index is 12.3. The Labute approximate surface area is 125 Å². The first kappa shape index (κ1) is 17.3. The van der Waals surface area contributed by atoms with Gasteiger partial charge in [-0.05, 0) is 25.2 Å². The molecule has 0 aliphatic carbocycles. The molecule has 3 amide bonds. The van der Waals surface area contributed by atoms with E-state index in [4.69, 9.17) is 5.11 Å². The standard InChI is InChI=1S/C14H25N3O4/c1-4-12(13(19)20)16(3)14(21)17-7-5-11(6-8-17)9-15-10(2)18/h11-12H,4-9H2,1-3H3,(H,15,18)(H,19,20). The summed E-state index contributed by atoms with van der Waals surface area (Å²) in [7, 11) is 1.54. The summed E-state index contributed by atoms with van der Waals surface area (Å²) in [5.41, 5.74) is 0. The minimum Gasteiger partial charge on any atom is -0.480 e. The fourth-order valence-electron chi connectivity index (χ4n) is 2.59. The van der Waals surface area contributed by atoms with Gasteiger partial charge in [0.05, 0.1) is 0 Å². The van der Waals surface area contributed by atoms with Crippen molar-refractivity contribution < 1.29 is 19.5 Å². The fourth-order valence-corrected chi connectivity index (χ4v) is 2.59. The molecular formula is C14H25N3O4. The van der Waals surface area contributed by atoms with Gasteiger partial charge in [-0.25, -0.2) is 9.59 Å². The molecule has 0 radical (unpaired) electrons. The molecule has 1 aliphatic rings. The third-order valence-corrected chi connectivity index (χ3v) is 3.97. The monoisotopic (exact) mass is 299 g/mol. The lowest BCUT2D eigenvalue weighted by Gasteiger charge is -2.36. The van der Waals surface area contributed by atoms with E-state index in [2.05, 4.69) is 5.32 Å². The summed E-state index contributed by atoms with van der Waals surface area (Å²) in [4.78, 5) is 37.3. The number of carboxylic acid groups (broad SMARTS) is 1. The first-order valence-electron chi connectivity index (χ1n) is 7.35. The predicted molar refractivity (Wildman–Crippen MR) is 77.9 cm³/mol. The lowest BCUT2D eigenvalue weighted by atomic mass is 9.97. The van der Waals surface area contributed by atoms with Crippen molar-refractivity contribution in [3.63, 3.8) is 0 Å². The minimum atomic E-state index is -0.978. The van der Waals surface area contributed by atoms with Gasteiger partial charge in [-0.1, -0.05) is 6.92 Å². The van der Waals surface area contributed by atoms with Crippen LogP contribution >= 0.6 is 0 Å². The summed E-state index contributed by atoms with van der Waals surface area (Å²) in [6, 6.07) is -1.02. The van der Waals surface area contributed by atoms with Crippen LogP contribution in [0.1, 0.15) is 33.1 Å². The molecule has 0 spiro atoms. The Bertz CT molecular complexity index is 392. The topological polar surface area (TPSA) is 89.9 Å². The average molecular weight is 299 g/mol. The van der Waals surface area contributed by atoms with Crippen LogP contribution in [0.15, 0.2) is 0 Å². The van der Waals surface area contributed by atoms with Crippen LogP contribution in [0.25, 0.3) is 0 Å². The first-order valence-corrected chi connectivity index (χ1v) is 7.35. The molecule has 1 aliphatic heterocycles. The lowest BCUT2D eigenvalue weighted by molar-refractivity contribution is -0.142. The van der Waals surface area contributed by atoms with E-state index in [1.165, 1.54) is 18.9 Å². The van der Waals surface area contributed by atoms with Crippen LogP contribution in [0.5, 0.6) is 0 Å². The Morgan fingerprint density at radius 2 is 1.90 bits per heavy atom. The molecule has 1 saturated heterocycles. The fraction of sp³-hybridized carbons (Fsp3) is 0.786. The first-order chi connectivity index (χ1) is 9.86. The van der Waals surface area contributed by atoms with Gasteiger partial charge in [-0.15, -0.1) is 0 Å². The summed E-state index contributed by atoms with van der Waals surface area (Å²) in [5.74, 6) is -0.640. The molecule has 2 N–H and O–H groups in total. The Morgan fingerprint density at radius 3 is 2.33 bits per heavy atom. The van der Waals surface area contributed by atoms with Crippen LogP contribution in [0.3, 0.4) is 0 Å². The van der Waals surface area contributed by atoms with E-state index in [9.17, 15) is 14.4 Å². The van der Waals surface area contributed by atoms with Gasteiger partial charge in [-0.3, -0.25) is 4.79 Å². The van der Waals surface area contributed by atoms with E-state index in [0.717, 1.165) is 12.8 Å². The number of carboxylic acids is 1. The highest BCUT2D eigenvalue weighted by atomic mass is 16.4. The second-order valence-corrected chi connectivity index (χ2v) is 5.52. The number of nitrogens with one attached hydrogen (secondary N) is 1. The second-order valence-electron chi connectivity index (χ2n) is 5.52. The molecule has 0 aromatic heterocycles. The molecule has 0 bridgehead atoms. The zero-order valence-electron chi connectivity index (χ0n) is 13.0. The number of amides is 3. The third kappa shape index (κ3) is 4.91. The number of urea groups is 1. The maximum absolute atomic E-state index is 12.3. The second kappa shape index (κ2) is 7.85. The molecule has 1 unspecified atom stereocenters. The van der Waals surface area contributed by atoms with Crippen molar-refractivity contribution in [3.05, 3.63) is 0 Å². The molecule has 1 atom stereocenters. The van der Waals surface area contributed by atoms with Crippen molar-refractivity contribution in [1.29, 1.82) is 0 Å². The lowest BCUT2D eigenvalue weighted by Crippen LogP contribution is -2.51. The molecule has 1 fully saturated rings. The number of hydrogen-bond acceptors (Lipinski definition) is 3. The van der Waals surface area contributed by atoms with Crippen molar-refractivity contribution in [2.75, 3.05) is 26.7 Å². The van der Waals surface area contributed by atoms with Gasteiger partial charge < -0.3 is 20.2 Å². The molecule has 1 rings (SSSR count). The number of hydrogen-bond donors (Lipinski definition) is 2. The molecule has 21 heavy (non-hydrogen) atoms. The Kier molecular flexibility index (Phi) is 6.45. The molecule has 0 saturated carbocycles. The van der Waals surface area contributed by atoms with Gasteiger partial charge in [0.1, 0.15) is 6.04 Å². The number of carbonyl (C=O) groups is 3. The Balaban J connectivity index is 2.47. The van der Waals surface area contributed by atoms with Gasteiger partial charge in [0, 0.05) is 33.6 Å². The van der Waals surface area contributed by atoms with E-state index in [0.29, 0.717) is 32.0 Å². The summed E-state index contributed by atoms with van der Waals surface area (Å²) < 4.78 is 0. The largest absolute Gasteiger partial charge is 0.480 e. The number of aliphatic carboxylic acids is 1. The Hall–Kier alpha value is -1.79. The molecular weight excluding hydrogens is 274 g/mol. The van der Waals surface area contributed by atoms with Crippen LogP contribution in [0, 0.1) is 5.92 Å². The summed E-state index contributed by atoms with van der Waals surface area (Å²) in [5, 5.41) is 11.9. The van der Waals surface area contributed by atoms with Gasteiger partial charge in [0.15, 0.2) is 0 Å². The highest BCUT2D eigenvalue weighted by molar-refractivity contribution is 5.82. The number of likely N-dealkylation sites (tertiary alicyclic amines) is 1. The van der Waals surface area contributed by atoms with E-state index < -0.39 is 12.0 Å². The normalized spacial score (nSPS) is 17.2. The third-order valence-electron chi connectivity index (χ3n) is 3.97. The predicted octanol–water partition coefficient (Wildman–Crippen LogP) is 0.750. The maximum Gasteiger partial charge on any atom is 0.326 e.